The number of carboxylic acids is 1. The van der Waals surface area contributed by atoms with Crippen molar-refractivity contribution in [3.8, 4) is 0 Å². The van der Waals surface area contributed by atoms with E-state index < -0.39 is 18.0 Å². The first-order valence-electron chi connectivity index (χ1n) is 7.50. The second-order valence-electron chi connectivity index (χ2n) is 4.96. The van der Waals surface area contributed by atoms with E-state index in [0.717, 1.165) is 19.8 Å². The van der Waals surface area contributed by atoms with Crippen molar-refractivity contribution in [3.05, 3.63) is 0 Å². The van der Waals surface area contributed by atoms with E-state index in [1.807, 2.05) is 0 Å². The Morgan fingerprint density at radius 2 is 1.20 bits per heavy atom. The minimum absolute atomic E-state index is 0.343. The molecule has 120 valence electrons. The van der Waals surface area contributed by atoms with Gasteiger partial charge in [0.2, 0.25) is 6.29 Å². The standard InChI is InChI=1S/C12H24O2.C3H6O3/c1-2-3-4-5-6-7-8-9-10-11-12(13)14;1-2(4)3(5)6/h2-11H2,1H3,(H,13,14);3,5-6H,1H3. The van der Waals surface area contributed by atoms with Gasteiger partial charge in [-0.1, -0.05) is 58.3 Å². The van der Waals surface area contributed by atoms with Crippen LogP contribution in [0.25, 0.3) is 0 Å². The lowest BCUT2D eigenvalue weighted by molar-refractivity contribution is -0.142. The summed E-state index contributed by atoms with van der Waals surface area (Å²) in [6.45, 7) is 3.33. The van der Waals surface area contributed by atoms with Crippen LogP contribution in [0.5, 0.6) is 0 Å². The van der Waals surface area contributed by atoms with Gasteiger partial charge in [-0.25, -0.2) is 0 Å². The Kier molecular flexibility index (Phi) is 17.2. The number of hydrogen-bond acceptors (Lipinski definition) is 4. The number of unbranched alkanes of at least 4 members (excludes halogenated alkanes) is 8. The first-order chi connectivity index (χ1) is 9.41. The number of aliphatic carboxylic acids is 1. The quantitative estimate of drug-likeness (QED) is 0.402. The molecule has 0 saturated heterocycles. The molecular formula is C15H30O5. The number of Topliss-reactive ketones (excluding diaryl/α,β-unsaturated/α-hetero) is 1. The van der Waals surface area contributed by atoms with Gasteiger partial charge in [0, 0.05) is 6.42 Å². The average Bonchev–Trinajstić information content (AvgIpc) is 2.37. The fraction of sp³-hybridized carbons (Fsp3) is 0.867. The van der Waals surface area contributed by atoms with Crippen LogP contribution < -0.4 is 0 Å². The van der Waals surface area contributed by atoms with Crippen LogP contribution in [-0.4, -0.2) is 33.4 Å². The molecule has 0 aromatic carbocycles. The van der Waals surface area contributed by atoms with E-state index in [4.69, 9.17) is 15.3 Å². The highest BCUT2D eigenvalue weighted by atomic mass is 16.5. The molecule has 0 unspecified atom stereocenters. The molecule has 5 heteroatoms. The van der Waals surface area contributed by atoms with Crippen LogP contribution >= 0.6 is 0 Å². The van der Waals surface area contributed by atoms with Crippen molar-refractivity contribution >= 4 is 11.8 Å². The summed E-state index contributed by atoms with van der Waals surface area (Å²) in [4.78, 5) is 19.8. The zero-order valence-corrected chi connectivity index (χ0v) is 12.8. The van der Waals surface area contributed by atoms with Gasteiger partial charge in [0.15, 0.2) is 5.78 Å². The number of aliphatic hydroxyl groups is 2. The summed E-state index contributed by atoms with van der Waals surface area (Å²) < 4.78 is 0. The van der Waals surface area contributed by atoms with Crippen molar-refractivity contribution in [1.82, 2.24) is 0 Å². The molecule has 20 heavy (non-hydrogen) atoms. The van der Waals surface area contributed by atoms with E-state index in [1.165, 1.54) is 44.9 Å². The van der Waals surface area contributed by atoms with E-state index in [2.05, 4.69) is 6.92 Å². The van der Waals surface area contributed by atoms with Gasteiger partial charge < -0.3 is 15.3 Å². The summed E-state index contributed by atoms with van der Waals surface area (Å²) in [6, 6.07) is 0. The lowest BCUT2D eigenvalue weighted by Gasteiger charge is -2.00. The monoisotopic (exact) mass is 290 g/mol. The van der Waals surface area contributed by atoms with E-state index in [-0.39, 0.29) is 0 Å². The second-order valence-corrected chi connectivity index (χ2v) is 4.96. The molecule has 0 aromatic rings. The third kappa shape index (κ3) is 22.3. The number of carboxylic acid groups (broad SMARTS) is 1. The molecule has 0 bridgehead atoms. The molecule has 0 spiro atoms. The van der Waals surface area contributed by atoms with E-state index in [9.17, 15) is 9.59 Å². The predicted octanol–water partition coefficient (Wildman–Crippen LogP) is 2.88. The largest absolute Gasteiger partial charge is 0.481 e. The predicted molar refractivity (Wildman–Crippen MR) is 78.4 cm³/mol. The summed E-state index contributed by atoms with van der Waals surface area (Å²) in [5.41, 5.74) is 0. The summed E-state index contributed by atoms with van der Waals surface area (Å²) >= 11 is 0. The molecule has 0 aromatic heterocycles. The number of carbonyl (C=O) groups excluding carboxylic acids is 1. The van der Waals surface area contributed by atoms with Crippen LogP contribution in [-0.2, 0) is 9.59 Å². The van der Waals surface area contributed by atoms with Gasteiger partial charge in [0.25, 0.3) is 0 Å². The highest BCUT2D eigenvalue weighted by Crippen LogP contribution is 2.10. The lowest BCUT2D eigenvalue weighted by Crippen LogP contribution is -2.14. The Morgan fingerprint density at radius 1 is 0.850 bits per heavy atom. The molecule has 0 fully saturated rings. The summed E-state index contributed by atoms with van der Waals surface area (Å²) in [5, 5.41) is 24.1. The van der Waals surface area contributed by atoms with E-state index >= 15 is 0 Å². The molecule has 0 atom stereocenters. The molecule has 0 radical (unpaired) electrons. The Labute approximate surface area is 122 Å². The summed E-state index contributed by atoms with van der Waals surface area (Å²) in [5.74, 6) is -1.29. The molecular weight excluding hydrogens is 260 g/mol. The molecule has 5 nitrogen and oxygen atoms in total. The van der Waals surface area contributed by atoms with Crippen molar-refractivity contribution in [3.63, 3.8) is 0 Å². The zero-order valence-electron chi connectivity index (χ0n) is 12.8. The summed E-state index contributed by atoms with van der Waals surface area (Å²) in [6.07, 6.45) is 9.69. The molecule has 0 aliphatic carbocycles. The van der Waals surface area contributed by atoms with Crippen molar-refractivity contribution in [1.29, 1.82) is 0 Å². The zero-order chi connectivity index (χ0) is 15.8. The Bertz CT molecular complexity index is 238. The maximum Gasteiger partial charge on any atom is 0.303 e. The molecule has 0 amide bonds. The van der Waals surface area contributed by atoms with Gasteiger partial charge in [0.05, 0.1) is 0 Å². The number of hydrogen-bond donors (Lipinski definition) is 3. The lowest BCUT2D eigenvalue weighted by atomic mass is 10.1. The highest BCUT2D eigenvalue weighted by Gasteiger charge is 1.99. The van der Waals surface area contributed by atoms with Crippen LogP contribution in [0.15, 0.2) is 0 Å². The van der Waals surface area contributed by atoms with Gasteiger partial charge in [0.1, 0.15) is 0 Å². The van der Waals surface area contributed by atoms with Gasteiger partial charge in [-0.2, -0.15) is 0 Å². The minimum atomic E-state index is -1.79. The summed E-state index contributed by atoms with van der Waals surface area (Å²) in [7, 11) is 0. The first kappa shape index (κ1) is 21.4. The highest BCUT2D eigenvalue weighted by molar-refractivity contribution is 5.78. The van der Waals surface area contributed by atoms with Gasteiger partial charge in [-0.15, -0.1) is 0 Å². The van der Waals surface area contributed by atoms with Gasteiger partial charge >= 0.3 is 5.97 Å². The average molecular weight is 290 g/mol. The van der Waals surface area contributed by atoms with Gasteiger partial charge in [-0.05, 0) is 13.3 Å². The SMILES string of the molecule is CC(=O)C(O)O.CCCCCCCCCCCC(=O)O. The van der Waals surface area contributed by atoms with Crippen LogP contribution in [0, 0.1) is 0 Å². The van der Waals surface area contributed by atoms with Crippen molar-refractivity contribution in [2.45, 2.75) is 84.3 Å². The number of carbonyl (C=O) groups is 2. The number of rotatable bonds is 11. The van der Waals surface area contributed by atoms with E-state index in [1.54, 1.807) is 0 Å². The molecule has 0 heterocycles. The van der Waals surface area contributed by atoms with Crippen molar-refractivity contribution in [2.75, 3.05) is 0 Å². The molecule has 0 saturated carbocycles. The molecule has 0 aliphatic heterocycles. The van der Waals surface area contributed by atoms with Crippen LogP contribution in [0.1, 0.15) is 78.1 Å². The molecule has 3 N–H and O–H groups in total. The second kappa shape index (κ2) is 16.1. The Morgan fingerprint density at radius 3 is 1.50 bits per heavy atom. The number of aliphatic hydroxyl groups excluding tert-OH is 1. The number of ketones is 1. The fourth-order valence-electron chi connectivity index (χ4n) is 1.59. The van der Waals surface area contributed by atoms with Crippen LogP contribution in [0.2, 0.25) is 0 Å². The van der Waals surface area contributed by atoms with Crippen molar-refractivity contribution < 1.29 is 24.9 Å². The third-order valence-electron chi connectivity index (χ3n) is 2.86. The Balaban J connectivity index is 0. The Hall–Kier alpha value is -0.940. The van der Waals surface area contributed by atoms with Crippen molar-refractivity contribution in [2.24, 2.45) is 0 Å². The maximum atomic E-state index is 10.2. The van der Waals surface area contributed by atoms with Crippen LogP contribution in [0.4, 0.5) is 0 Å². The molecule has 0 rings (SSSR count). The minimum Gasteiger partial charge on any atom is -0.481 e. The van der Waals surface area contributed by atoms with E-state index in [0.29, 0.717) is 6.42 Å². The van der Waals surface area contributed by atoms with Crippen LogP contribution in [0.3, 0.4) is 0 Å². The topological polar surface area (TPSA) is 94.8 Å². The third-order valence-corrected chi connectivity index (χ3v) is 2.86. The maximum absolute atomic E-state index is 10.2. The molecule has 0 aliphatic rings. The smallest absolute Gasteiger partial charge is 0.303 e. The fourth-order valence-corrected chi connectivity index (χ4v) is 1.59. The normalized spacial score (nSPS) is 10.1. The first-order valence-corrected chi connectivity index (χ1v) is 7.50. The van der Waals surface area contributed by atoms with Gasteiger partial charge in [-0.3, -0.25) is 9.59 Å².